The van der Waals surface area contributed by atoms with Crippen LogP contribution >= 0.6 is 0 Å². The normalized spacial score (nSPS) is 14.8. The summed E-state index contributed by atoms with van der Waals surface area (Å²) in [4.78, 5) is 26.3. The van der Waals surface area contributed by atoms with E-state index in [1.165, 1.54) is 26.4 Å². The molecule has 1 aliphatic heterocycles. The number of halogens is 2. The van der Waals surface area contributed by atoms with Gasteiger partial charge < -0.3 is 19.7 Å². The van der Waals surface area contributed by atoms with Gasteiger partial charge >= 0.3 is 5.92 Å². The lowest BCUT2D eigenvalue weighted by Gasteiger charge is -2.34. The maximum Gasteiger partial charge on any atom is 0.353 e. The Hall–Kier alpha value is -3.16. The van der Waals surface area contributed by atoms with Crippen molar-refractivity contribution >= 4 is 11.8 Å². The van der Waals surface area contributed by atoms with E-state index in [1.807, 2.05) is 19.1 Å². The molecule has 2 aromatic carbocycles. The Labute approximate surface area is 180 Å². The summed E-state index contributed by atoms with van der Waals surface area (Å²) in [6.07, 6.45) is 0.795. The standard InChI is InChI=1S/C23H26F2N2O4/c1-15-6-4-5-7-18(15)21(28)26-16-10-12-27(13-11-16)22(29)23(24,25)19-14-17(30-2)8-9-20(19)31-3/h4-9,14,16H,10-13H2,1-3H3,(H,26,28). The summed E-state index contributed by atoms with van der Waals surface area (Å²) in [5.41, 5.74) is 0.909. The first-order valence-corrected chi connectivity index (χ1v) is 10.0. The van der Waals surface area contributed by atoms with Crippen molar-refractivity contribution in [2.75, 3.05) is 27.3 Å². The molecule has 8 heteroatoms. The minimum atomic E-state index is -3.77. The molecule has 1 heterocycles. The van der Waals surface area contributed by atoms with Crippen LogP contribution in [0, 0.1) is 6.92 Å². The van der Waals surface area contributed by atoms with Crippen LogP contribution in [0.5, 0.6) is 11.5 Å². The zero-order valence-corrected chi connectivity index (χ0v) is 17.8. The Balaban J connectivity index is 1.66. The van der Waals surface area contributed by atoms with Gasteiger partial charge in [-0.05, 0) is 49.6 Å². The molecule has 31 heavy (non-hydrogen) atoms. The van der Waals surface area contributed by atoms with Crippen molar-refractivity contribution in [1.82, 2.24) is 10.2 Å². The van der Waals surface area contributed by atoms with E-state index in [0.717, 1.165) is 16.5 Å². The van der Waals surface area contributed by atoms with Crippen LogP contribution in [0.4, 0.5) is 8.78 Å². The Kier molecular flexibility index (Phi) is 6.77. The number of likely N-dealkylation sites (tertiary alicyclic amines) is 1. The van der Waals surface area contributed by atoms with Crippen LogP contribution in [0.3, 0.4) is 0 Å². The summed E-state index contributed by atoms with van der Waals surface area (Å²) in [7, 11) is 2.63. The highest BCUT2D eigenvalue weighted by Crippen LogP contribution is 2.39. The summed E-state index contributed by atoms with van der Waals surface area (Å²) in [5, 5.41) is 2.94. The highest BCUT2D eigenvalue weighted by Gasteiger charge is 2.47. The van der Waals surface area contributed by atoms with E-state index in [4.69, 9.17) is 9.47 Å². The smallest absolute Gasteiger partial charge is 0.353 e. The van der Waals surface area contributed by atoms with Gasteiger partial charge in [0.25, 0.3) is 11.8 Å². The molecule has 0 saturated carbocycles. The third kappa shape index (κ3) is 4.78. The number of rotatable bonds is 6. The third-order valence-corrected chi connectivity index (χ3v) is 5.52. The van der Waals surface area contributed by atoms with Crippen LogP contribution in [0.1, 0.15) is 34.3 Å². The molecular formula is C23H26F2N2O4. The molecule has 2 amide bonds. The van der Waals surface area contributed by atoms with Crippen molar-refractivity contribution in [2.24, 2.45) is 0 Å². The molecule has 1 fully saturated rings. The van der Waals surface area contributed by atoms with Gasteiger partial charge in [-0.2, -0.15) is 8.78 Å². The van der Waals surface area contributed by atoms with Crippen LogP contribution in [0.15, 0.2) is 42.5 Å². The van der Waals surface area contributed by atoms with E-state index in [9.17, 15) is 9.59 Å². The molecule has 6 nitrogen and oxygen atoms in total. The van der Waals surface area contributed by atoms with Gasteiger partial charge in [-0.1, -0.05) is 18.2 Å². The fourth-order valence-electron chi connectivity index (χ4n) is 3.69. The number of aryl methyl sites for hydroxylation is 1. The molecule has 0 aliphatic carbocycles. The first-order valence-electron chi connectivity index (χ1n) is 10.0. The van der Waals surface area contributed by atoms with E-state index >= 15 is 8.78 Å². The monoisotopic (exact) mass is 432 g/mol. The topological polar surface area (TPSA) is 67.9 Å². The summed E-state index contributed by atoms with van der Waals surface area (Å²) >= 11 is 0. The molecule has 1 aliphatic rings. The maximum atomic E-state index is 15.1. The van der Waals surface area contributed by atoms with Gasteiger partial charge in [-0.3, -0.25) is 9.59 Å². The van der Waals surface area contributed by atoms with Gasteiger partial charge in [-0.15, -0.1) is 0 Å². The van der Waals surface area contributed by atoms with Crippen LogP contribution in [-0.2, 0) is 10.7 Å². The number of hydrogen-bond acceptors (Lipinski definition) is 4. The molecule has 0 aromatic heterocycles. The Morgan fingerprint density at radius 2 is 1.74 bits per heavy atom. The Morgan fingerprint density at radius 3 is 2.35 bits per heavy atom. The highest BCUT2D eigenvalue weighted by molar-refractivity contribution is 5.95. The number of carbonyl (C=O) groups excluding carboxylic acids is 2. The minimum Gasteiger partial charge on any atom is -0.497 e. The number of methoxy groups -OCH3 is 2. The SMILES string of the molecule is COc1ccc(OC)c(C(F)(F)C(=O)N2CCC(NC(=O)c3ccccc3C)CC2)c1. The highest BCUT2D eigenvalue weighted by atomic mass is 19.3. The Bertz CT molecular complexity index is 956. The molecule has 0 radical (unpaired) electrons. The van der Waals surface area contributed by atoms with Crippen LogP contribution < -0.4 is 14.8 Å². The molecule has 0 bridgehead atoms. The molecule has 1 saturated heterocycles. The van der Waals surface area contributed by atoms with Gasteiger partial charge in [-0.25, -0.2) is 0 Å². The number of nitrogens with zero attached hydrogens (tertiary/aromatic N) is 1. The fourth-order valence-corrected chi connectivity index (χ4v) is 3.69. The summed E-state index contributed by atoms with van der Waals surface area (Å²) in [6.45, 7) is 2.10. The molecule has 3 rings (SSSR count). The first kappa shape index (κ1) is 22.5. The van der Waals surface area contributed by atoms with Crippen molar-refractivity contribution in [3.63, 3.8) is 0 Å². The van der Waals surface area contributed by atoms with Gasteiger partial charge in [0.1, 0.15) is 11.5 Å². The van der Waals surface area contributed by atoms with Crippen molar-refractivity contribution < 1.29 is 27.8 Å². The van der Waals surface area contributed by atoms with Crippen molar-refractivity contribution in [3.05, 3.63) is 59.2 Å². The van der Waals surface area contributed by atoms with Crippen LogP contribution in [-0.4, -0.2) is 50.1 Å². The number of piperidine rings is 1. The van der Waals surface area contributed by atoms with E-state index < -0.39 is 17.4 Å². The maximum absolute atomic E-state index is 15.1. The zero-order valence-electron chi connectivity index (χ0n) is 17.8. The number of ether oxygens (including phenoxy) is 2. The summed E-state index contributed by atoms with van der Waals surface area (Å²) in [5.74, 6) is -5.13. The van der Waals surface area contributed by atoms with Crippen LogP contribution in [0.25, 0.3) is 0 Å². The van der Waals surface area contributed by atoms with Crippen molar-refractivity contribution in [2.45, 2.75) is 31.7 Å². The van der Waals surface area contributed by atoms with E-state index in [2.05, 4.69) is 5.32 Å². The van der Waals surface area contributed by atoms with E-state index in [-0.39, 0.29) is 36.5 Å². The molecular weight excluding hydrogens is 406 g/mol. The number of hydrogen-bond donors (Lipinski definition) is 1. The average Bonchev–Trinajstić information content (AvgIpc) is 2.78. The zero-order chi connectivity index (χ0) is 22.6. The van der Waals surface area contributed by atoms with Gasteiger partial charge in [0.2, 0.25) is 0 Å². The predicted molar refractivity (Wildman–Crippen MR) is 112 cm³/mol. The largest absolute Gasteiger partial charge is 0.497 e. The third-order valence-electron chi connectivity index (χ3n) is 5.52. The van der Waals surface area contributed by atoms with E-state index in [1.54, 1.807) is 12.1 Å². The lowest BCUT2D eigenvalue weighted by Crippen LogP contribution is -2.50. The number of carbonyl (C=O) groups is 2. The molecule has 2 aromatic rings. The molecule has 0 atom stereocenters. The number of nitrogens with one attached hydrogen (secondary N) is 1. The first-order chi connectivity index (χ1) is 14.8. The quantitative estimate of drug-likeness (QED) is 0.759. The lowest BCUT2D eigenvalue weighted by atomic mass is 10.0. The van der Waals surface area contributed by atoms with Crippen LogP contribution in [0.2, 0.25) is 0 Å². The molecule has 166 valence electrons. The van der Waals surface area contributed by atoms with Gasteiger partial charge in [0, 0.05) is 24.7 Å². The lowest BCUT2D eigenvalue weighted by molar-refractivity contribution is -0.160. The summed E-state index contributed by atoms with van der Waals surface area (Å²) in [6, 6.07) is 11.0. The minimum absolute atomic E-state index is 0.0838. The molecule has 0 spiro atoms. The molecule has 1 N–H and O–H groups in total. The van der Waals surface area contributed by atoms with Gasteiger partial charge in [0.15, 0.2) is 0 Å². The fraction of sp³-hybridized carbons (Fsp3) is 0.391. The molecule has 0 unspecified atom stereocenters. The Morgan fingerprint density at radius 1 is 1.06 bits per heavy atom. The van der Waals surface area contributed by atoms with Crippen molar-refractivity contribution in [3.8, 4) is 11.5 Å². The second-order valence-electron chi connectivity index (χ2n) is 7.50. The van der Waals surface area contributed by atoms with E-state index in [0.29, 0.717) is 18.4 Å². The number of amides is 2. The van der Waals surface area contributed by atoms with Gasteiger partial charge in [0.05, 0.1) is 19.8 Å². The summed E-state index contributed by atoms with van der Waals surface area (Å²) < 4.78 is 40.2. The second-order valence-corrected chi connectivity index (χ2v) is 7.50. The number of benzene rings is 2. The number of alkyl halides is 2. The average molecular weight is 432 g/mol. The predicted octanol–water partition coefficient (Wildman–Crippen LogP) is 3.53. The van der Waals surface area contributed by atoms with Crippen molar-refractivity contribution in [1.29, 1.82) is 0 Å². The second kappa shape index (κ2) is 9.32.